The van der Waals surface area contributed by atoms with E-state index in [0.717, 1.165) is 0 Å². The van der Waals surface area contributed by atoms with Crippen molar-refractivity contribution in [3.05, 3.63) is 35.4 Å². The van der Waals surface area contributed by atoms with Gasteiger partial charge in [-0.1, -0.05) is 77.1 Å². The topological polar surface area (TPSA) is 40.5 Å². The Balaban J connectivity index is 0.00000154. The molecule has 2 N–H and O–H groups in total. The van der Waals surface area contributed by atoms with Gasteiger partial charge in [0, 0.05) is 0 Å². The third-order valence-electron chi connectivity index (χ3n) is 3.47. The van der Waals surface area contributed by atoms with Crippen molar-refractivity contribution in [3.8, 4) is 0 Å². The van der Waals surface area contributed by atoms with Gasteiger partial charge in [-0.25, -0.2) is 0 Å². The van der Waals surface area contributed by atoms with Gasteiger partial charge in [0.15, 0.2) is 0 Å². The second-order valence-electron chi connectivity index (χ2n) is 5.41. The normalized spacial score (nSPS) is 10.2. The van der Waals surface area contributed by atoms with Gasteiger partial charge in [-0.05, 0) is 29.9 Å². The van der Waals surface area contributed by atoms with Crippen molar-refractivity contribution in [2.45, 2.75) is 71.6 Å². The molecule has 0 fully saturated rings. The van der Waals surface area contributed by atoms with Crippen molar-refractivity contribution in [2.24, 2.45) is 0 Å². The van der Waals surface area contributed by atoms with E-state index in [1.165, 1.54) is 56.1 Å². The number of hydrogen-bond donors (Lipinski definition) is 2. The summed E-state index contributed by atoms with van der Waals surface area (Å²) in [6.07, 6.45) is 9.58. The summed E-state index contributed by atoms with van der Waals surface area (Å²) in [4.78, 5) is 0. The van der Waals surface area contributed by atoms with Gasteiger partial charge in [-0.3, -0.25) is 10.5 Å². The monoisotopic (exact) mass is 266 g/mol. The summed E-state index contributed by atoms with van der Waals surface area (Å²) in [5, 5.41) is 12.0. The smallest absolute Gasteiger partial charge is 0.0219 e. The minimum absolute atomic E-state index is 0.651. The van der Waals surface area contributed by atoms with Gasteiger partial charge in [0.2, 0.25) is 0 Å². The van der Waals surface area contributed by atoms with Crippen molar-refractivity contribution in [1.29, 1.82) is 0 Å². The number of benzene rings is 1. The Bertz CT molecular complexity index is 291. The highest BCUT2D eigenvalue weighted by molar-refractivity contribution is 5.24. The van der Waals surface area contributed by atoms with Crippen molar-refractivity contribution in [1.82, 2.24) is 0 Å². The summed E-state index contributed by atoms with van der Waals surface area (Å²) in [7, 11) is 0. The van der Waals surface area contributed by atoms with E-state index in [1.807, 2.05) is 0 Å². The fraction of sp³-hybridized carbons (Fsp3) is 0.647. The van der Waals surface area contributed by atoms with Crippen molar-refractivity contribution in [2.75, 3.05) is 0 Å². The van der Waals surface area contributed by atoms with Crippen LogP contribution in [0.25, 0.3) is 0 Å². The van der Waals surface area contributed by atoms with Crippen LogP contribution in [0.3, 0.4) is 0 Å². The molecule has 0 heterocycles. The summed E-state index contributed by atoms with van der Waals surface area (Å²) in [6, 6.07) is 9.19. The minimum Gasteiger partial charge on any atom is -0.255 e. The van der Waals surface area contributed by atoms with Crippen LogP contribution in [0.2, 0.25) is 0 Å². The van der Waals surface area contributed by atoms with Crippen molar-refractivity contribution < 1.29 is 10.5 Å². The fourth-order valence-electron chi connectivity index (χ4n) is 2.18. The molecule has 1 rings (SSSR count). The molecule has 19 heavy (non-hydrogen) atoms. The first-order valence-electron chi connectivity index (χ1n) is 7.53. The van der Waals surface area contributed by atoms with Gasteiger partial charge in [0.05, 0.1) is 0 Å². The number of aryl methyl sites for hydroxylation is 1. The molecule has 110 valence electrons. The summed E-state index contributed by atoms with van der Waals surface area (Å²) in [5.74, 6) is 0.651. The van der Waals surface area contributed by atoms with E-state index >= 15 is 0 Å². The number of unbranched alkanes of at least 4 members (excludes halogenated alkanes) is 5. The second-order valence-corrected chi connectivity index (χ2v) is 5.41. The standard InChI is InChI=1S/C17H28.H2O2/c1-4-5-6-7-8-9-10-16-11-13-17(14-12-16)15(2)3;1-2/h11-15H,4-10H2,1-3H3;1-2H. The third-order valence-corrected chi connectivity index (χ3v) is 3.47. The predicted molar refractivity (Wildman–Crippen MR) is 82.9 cm³/mol. The maximum absolute atomic E-state index is 6.00. The van der Waals surface area contributed by atoms with Gasteiger partial charge in [-0.15, -0.1) is 0 Å². The molecule has 0 bridgehead atoms. The first-order chi connectivity index (χ1) is 9.24. The van der Waals surface area contributed by atoms with Crippen LogP contribution in [-0.2, 0) is 6.42 Å². The van der Waals surface area contributed by atoms with Crippen LogP contribution in [0.5, 0.6) is 0 Å². The molecule has 0 saturated carbocycles. The average Bonchev–Trinajstić information content (AvgIpc) is 2.45. The van der Waals surface area contributed by atoms with Crippen LogP contribution in [0, 0.1) is 0 Å². The number of rotatable bonds is 8. The quantitative estimate of drug-likeness (QED) is 0.358. The van der Waals surface area contributed by atoms with Crippen LogP contribution < -0.4 is 0 Å². The van der Waals surface area contributed by atoms with E-state index in [2.05, 4.69) is 45.0 Å². The van der Waals surface area contributed by atoms with Crippen LogP contribution in [-0.4, -0.2) is 10.5 Å². The zero-order chi connectivity index (χ0) is 14.5. The van der Waals surface area contributed by atoms with Gasteiger partial charge < -0.3 is 0 Å². The summed E-state index contributed by atoms with van der Waals surface area (Å²) in [5.41, 5.74) is 2.96. The lowest BCUT2D eigenvalue weighted by Crippen LogP contribution is -1.90. The van der Waals surface area contributed by atoms with Gasteiger partial charge in [0.25, 0.3) is 0 Å². The molecule has 0 amide bonds. The van der Waals surface area contributed by atoms with E-state index in [1.54, 1.807) is 0 Å². The van der Waals surface area contributed by atoms with Crippen LogP contribution in [0.1, 0.15) is 76.3 Å². The molecular weight excluding hydrogens is 236 g/mol. The van der Waals surface area contributed by atoms with Crippen molar-refractivity contribution >= 4 is 0 Å². The SMILES string of the molecule is CCCCCCCCc1ccc(C(C)C)cc1.OO. The minimum atomic E-state index is 0.651. The van der Waals surface area contributed by atoms with Gasteiger partial charge in [0.1, 0.15) is 0 Å². The summed E-state index contributed by atoms with van der Waals surface area (Å²) in [6.45, 7) is 6.78. The average molecular weight is 266 g/mol. The Hall–Kier alpha value is -0.860. The molecular formula is C17H30O2. The Morgan fingerprint density at radius 2 is 1.37 bits per heavy atom. The molecule has 0 aliphatic rings. The Kier molecular flexibility index (Phi) is 11.6. The maximum atomic E-state index is 6.00. The summed E-state index contributed by atoms with van der Waals surface area (Å²) >= 11 is 0. The zero-order valence-corrected chi connectivity index (χ0v) is 12.7. The summed E-state index contributed by atoms with van der Waals surface area (Å²) < 4.78 is 0. The molecule has 0 radical (unpaired) electrons. The molecule has 2 heteroatoms. The lowest BCUT2D eigenvalue weighted by Gasteiger charge is -2.07. The van der Waals surface area contributed by atoms with E-state index in [-0.39, 0.29) is 0 Å². The lowest BCUT2D eigenvalue weighted by atomic mass is 9.99. The van der Waals surface area contributed by atoms with E-state index in [9.17, 15) is 0 Å². The molecule has 1 aromatic rings. The predicted octanol–water partition coefficient (Wildman–Crippen LogP) is 5.73. The Labute approximate surface area is 118 Å². The molecule has 2 nitrogen and oxygen atoms in total. The van der Waals surface area contributed by atoms with E-state index in [0.29, 0.717) is 5.92 Å². The highest BCUT2D eigenvalue weighted by Crippen LogP contribution is 2.16. The second kappa shape index (κ2) is 12.2. The molecule has 0 saturated heterocycles. The van der Waals surface area contributed by atoms with Gasteiger partial charge in [-0.2, -0.15) is 0 Å². The molecule has 1 aromatic carbocycles. The molecule has 0 aliphatic carbocycles. The zero-order valence-electron chi connectivity index (χ0n) is 12.7. The lowest BCUT2D eigenvalue weighted by molar-refractivity contribution is -0.176. The largest absolute Gasteiger partial charge is 0.255 e. The van der Waals surface area contributed by atoms with Crippen LogP contribution >= 0.6 is 0 Å². The highest BCUT2D eigenvalue weighted by atomic mass is 17.0. The first kappa shape index (κ1) is 18.1. The molecule has 0 atom stereocenters. The number of hydrogen-bond acceptors (Lipinski definition) is 2. The third kappa shape index (κ3) is 8.79. The Morgan fingerprint density at radius 1 is 0.842 bits per heavy atom. The molecule has 0 unspecified atom stereocenters. The maximum Gasteiger partial charge on any atom is -0.0219 e. The first-order valence-corrected chi connectivity index (χ1v) is 7.53. The van der Waals surface area contributed by atoms with E-state index < -0.39 is 0 Å². The molecule has 0 aliphatic heterocycles. The fourth-order valence-corrected chi connectivity index (χ4v) is 2.18. The van der Waals surface area contributed by atoms with Gasteiger partial charge >= 0.3 is 0 Å². The molecule has 0 spiro atoms. The van der Waals surface area contributed by atoms with E-state index in [4.69, 9.17) is 10.5 Å². The van der Waals surface area contributed by atoms with Crippen LogP contribution in [0.4, 0.5) is 0 Å². The Morgan fingerprint density at radius 3 is 1.89 bits per heavy atom. The van der Waals surface area contributed by atoms with Crippen LogP contribution in [0.15, 0.2) is 24.3 Å². The molecule has 0 aromatic heterocycles. The van der Waals surface area contributed by atoms with Crippen molar-refractivity contribution in [3.63, 3.8) is 0 Å². The highest BCUT2D eigenvalue weighted by Gasteiger charge is 1.99.